The first-order valence-electron chi connectivity index (χ1n) is 11.3. The summed E-state index contributed by atoms with van der Waals surface area (Å²) in [6, 6.07) is 14.4. The number of amides is 2. The second-order valence-electron chi connectivity index (χ2n) is 9.32. The van der Waals surface area contributed by atoms with Crippen LogP contribution in [0.3, 0.4) is 0 Å². The van der Waals surface area contributed by atoms with Gasteiger partial charge >= 0.3 is 6.09 Å². The third-order valence-corrected chi connectivity index (χ3v) is 5.77. The lowest BCUT2D eigenvalue weighted by molar-refractivity contribution is -0.119. The van der Waals surface area contributed by atoms with Gasteiger partial charge in [-0.3, -0.25) is 4.79 Å². The molecular weight excluding hydrogens is 423 g/mol. The lowest BCUT2D eigenvalue weighted by Crippen LogP contribution is -2.35. The minimum atomic E-state index is -0.414. The summed E-state index contributed by atoms with van der Waals surface area (Å²) < 4.78 is 23.5. The molecule has 2 amide bonds. The van der Waals surface area contributed by atoms with Gasteiger partial charge < -0.3 is 19.3 Å². The van der Waals surface area contributed by atoms with E-state index in [1.807, 2.05) is 39.0 Å². The molecule has 0 bridgehead atoms. The average molecular weight is 457 g/mol. The van der Waals surface area contributed by atoms with Gasteiger partial charge in [0.05, 0.1) is 18.7 Å². The molecule has 0 N–H and O–H groups in total. The second-order valence-corrected chi connectivity index (χ2v) is 9.32. The van der Waals surface area contributed by atoms with Crippen molar-refractivity contribution in [2.75, 3.05) is 26.7 Å². The number of likely N-dealkylation sites (tertiary alicyclic amines) is 1. The number of ether oxygens (including phenoxy) is 2. The van der Waals surface area contributed by atoms with Crippen LogP contribution in [0, 0.1) is 5.82 Å². The molecule has 0 unspecified atom stereocenters. The van der Waals surface area contributed by atoms with E-state index in [2.05, 4.69) is 6.07 Å². The number of nitrogens with zero attached hydrogens (tertiary/aromatic N) is 2. The van der Waals surface area contributed by atoms with Crippen LogP contribution in [0.4, 0.5) is 9.18 Å². The highest BCUT2D eigenvalue weighted by molar-refractivity contribution is 5.68. The van der Waals surface area contributed by atoms with Gasteiger partial charge in [-0.05, 0) is 62.4 Å². The predicted molar refractivity (Wildman–Crippen MR) is 124 cm³/mol. The Kier molecular flexibility index (Phi) is 8.08. The van der Waals surface area contributed by atoms with Crippen LogP contribution in [0.2, 0.25) is 0 Å². The van der Waals surface area contributed by atoms with E-state index in [9.17, 15) is 14.0 Å². The maximum Gasteiger partial charge on any atom is 0.410 e. The van der Waals surface area contributed by atoms with Crippen LogP contribution in [-0.2, 0) is 20.7 Å². The molecular formula is C26H33FN2O4. The Morgan fingerprint density at radius 1 is 1.09 bits per heavy atom. The van der Waals surface area contributed by atoms with E-state index in [-0.39, 0.29) is 24.1 Å². The Hall–Kier alpha value is -2.93. The van der Waals surface area contributed by atoms with Crippen LogP contribution in [0.25, 0.3) is 0 Å². The fraction of sp³-hybridized carbons (Fsp3) is 0.462. The molecule has 0 spiro atoms. The fourth-order valence-corrected chi connectivity index (χ4v) is 4.13. The van der Waals surface area contributed by atoms with Gasteiger partial charge in [-0.15, -0.1) is 0 Å². The number of rotatable bonds is 3. The lowest BCUT2D eigenvalue weighted by Gasteiger charge is -2.35. The topological polar surface area (TPSA) is 59.1 Å². The van der Waals surface area contributed by atoms with E-state index in [0.29, 0.717) is 13.1 Å². The van der Waals surface area contributed by atoms with Gasteiger partial charge in [0, 0.05) is 20.2 Å². The van der Waals surface area contributed by atoms with Gasteiger partial charge in [0.1, 0.15) is 11.4 Å². The molecule has 2 heterocycles. The Balaban J connectivity index is 0.000000196. The molecule has 4 rings (SSSR count). The van der Waals surface area contributed by atoms with Crippen LogP contribution in [0.5, 0.6) is 0 Å². The van der Waals surface area contributed by atoms with E-state index < -0.39 is 5.60 Å². The van der Waals surface area contributed by atoms with Crippen molar-refractivity contribution in [2.45, 2.75) is 51.4 Å². The number of hydrogen-bond donors (Lipinski definition) is 0. The van der Waals surface area contributed by atoms with Crippen molar-refractivity contribution in [1.29, 1.82) is 0 Å². The van der Waals surface area contributed by atoms with Gasteiger partial charge in [0.15, 0.2) is 0 Å². The summed E-state index contributed by atoms with van der Waals surface area (Å²) in [6.45, 7) is 7.68. The van der Waals surface area contributed by atoms with Crippen LogP contribution in [0.15, 0.2) is 48.5 Å². The smallest absolute Gasteiger partial charge is 0.410 e. The largest absolute Gasteiger partial charge is 0.444 e. The molecule has 2 aromatic rings. The summed E-state index contributed by atoms with van der Waals surface area (Å²) in [5.41, 5.74) is 2.92. The summed E-state index contributed by atoms with van der Waals surface area (Å²) in [7, 11) is 1.67. The first-order chi connectivity index (χ1) is 15.7. The zero-order valence-electron chi connectivity index (χ0n) is 19.8. The minimum absolute atomic E-state index is 0.108. The number of hydrogen-bond acceptors (Lipinski definition) is 4. The van der Waals surface area contributed by atoms with E-state index in [1.165, 1.54) is 17.7 Å². The van der Waals surface area contributed by atoms with Gasteiger partial charge in [-0.25, -0.2) is 9.18 Å². The molecule has 33 heavy (non-hydrogen) atoms. The molecule has 1 fully saturated rings. The molecule has 178 valence electrons. The van der Waals surface area contributed by atoms with Crippen LogP contribution >= 0.6 is 0 Å². The highest BCUT2D eigenvalue weighted by atomic mass is 19.1. The molecule has 2 aliphatic heterocycles. The summed E-state index contributed by atoms with van der Waals surface area (Å²) in [6.07, 6.45) is 2.58. The molecule has 0 aromatic heterocycles. The molecule has 0 aliphatic carbocycles. The Morgan fingerprint density at radius 2 is 1.79 bits per heavy atom. The highest BCUT2D eigenvalue weighted by Crippen LogP contribution is 2.34. The maximum absolute atomic E-state index is 13.0. The number of halogens is 1. The molecule has 0 radical (unpaired) electrons. The van der Waals surface area contributed by atoms with Crippen molar-refractivity contribution in [3.63, 3.8) is 0 Å². The summed E-state index contributed by atoms with van der Waals surface area (Å²) in [5.74, 6) is -0.259. The maximum atomic E-state index is 13.0. The number of benzene rings is 2. The molecule has 7 heteroatoms. The van der Waals surface area contributed by atoms with Crippen LogP contribution in [0.1, 0.15) is 49.9 Å². The number of methoxy groups -OCH3 is 1. The third kappa shape index (κ3) is 6.54. The van der Waals surface area contributed by atoms with Gasteiger partial charge in [-0.1, -0.05) is 36.4 Å². The van der Waals surface area contributed by atoms with Gasteiger partial charge in [-0.2, -0.15) is 0 Å². The first kappa shape index (κ1) is 24.7. The summed E-state index contributed by atoms with van der Waals surface area (Å²) in [5, 5.41) is 0. The van der Waals surface area contributed by atoms with Crippen molar-refractivity contribution in [3.05, 3.63) is 71.0 Å². The average Bonchev–Trinajstić information content (AvgIpc) is 3.28. The number of fused-ring (bicyclic) bond motifs is 1. The molecule has 0 saturated carbocycles. The quantitative estimate of drug-likeness (QED) is 0.635. The van der Waals surface area contributed by atoms with Crippen molar-refractivity contribution >= 4 is 12.5 Å². The Labute approximate surface area is 195 Å². The normalized spacial score (nSPS) is 19.9. The lowest BCUT2D eigenvalue weighted by atomic mass is 9.88. The standard InChI is InChI=1S/C16H14FNO.C10H19NO3/c17-14-7-5-13(6-8-14)16-15-4-2-1-3-12(15)9-10-18(16)11-19;1-10(2,3)14-9(12)11-6-5-8(7-11)13-4/h1-8,11,16H,9-10H2;8H,5-7H2,1-4H3/t16-;8-/m01/s1. The van der Waals surface area contributed by atoms with Crippen LogP contribution < -0.4 is 0 Å². The van der Waals surface area contributed by atoms with Crippen molar-refractivity contribution < 1.29 is 23.5 Å². The van der Waals surface area contributed by atoms with Crippen molar-refractivity contribution in [2.24, 2.45) is 0 Å². The zero-order chi connectivity index (χ0) is 24.0. The molecule has 1 saturated heterocycles. The highest BCUT2D eigenvalue weighted by Gasteiger charge is 2.29. The Morgan fingerprint density at radius 3 is 2.39 bits per heavy atom. The molecule has 2 aliphatic rings. The number of carbonyl (C=O) groups is 2. The van der Waals surface area contributed by atoms with Gasteiger partial charge in [0.25, 0.3) is 0 Å². The van der Waals surface area contributed by atoms with E-state index in [0.717, 1.165) is 36.9 Å². The van der Waals surface area contributed by atoms with Crippen molar-refractivity contribution in [1.82, 2.24) is 9.80 Å². The molecule has 2 atom stereocenters. The second kappa shape index (κ2) is 10.8. The molecule has 2 aromatic carbocycles. The van der Waals surface area contributed by atoms with Crippen LogP contribution in [-0.4, -0.2) is 60.8 Å². The summed E-state index contributed by atoms with van der Waals surface area (Å²) in [4.78, 5) is 26.3. The van der Waals surface area contributed by atoms with Gasteiger partial charge in [0.2, 0.25) is 6.41 Å². The van der Waals surface area contributed by atoms with Crippen molar-refractivity contribution in [3.8, 4) is 0 Å². The first-order valence-corrected chi connectivity index (χ1v) is 11.3. The van der Waals surface area contributed by atoms with E-state index in [1.54, 1.807) is 29.0 Å². The minimum Gasteiger partial charge on any atom is -0.444 e. The summed E-state index contributed by atoms with van der Waals surface area (Å²) >= 11 is 0. The van der Waals surface area contributed by atoms with E-state index in [4.69, 9.17) is 9.47 Å². The zero-order valence-corrected chi connectivity index (χ0v) is 19.8. The SMILES string of the molecule is CO[C@@H]1CCN(C(=O)OC(C)(C)C)C1.O=CN1CCc2ccccc2[C@@H]1c1ccc(F)cc1. The fourth-order valence-electron chi connectivity index (χ4n) is 4.13. The third-order valence-electron chi connectivity index (χ3n) is 5.77. The monoisotopic (exact) mass is 456 g/mol. The van der Waals surface area contributed by atoms with E-state index >= 15 is 0 Å². The Bertz CT molecular complexity index is 942. The molecule has 6 nitrogen and oxygen atoms in total. The number of carbonyl (C=O) groups excluding carboxylic acids is 2. The predicted octanol–water partition coefficient (Wildman–Crippen LogP) is 4.57.